The van der Waals surface area contributed by atoms with Gasteiger partial charge in [0.25, 0.3) is 5.56 Å². The van der Waals surface area contributed by atoms with Crippen molar-refractivity contribution in [2.24, 2.45) is 0 Å². The average molecular weight is 305 g/mol. The minimum absolute atomic E-state index is 0.0145. The van der Waals surface area contributed by atoms with Crippen LogP contribution >= 0.6 is 0 Å². The fraction of sp³-hybridized carbons (Fsp3) is 0.667. The smallest absolute Gasteiger partial charge is 0.278 e. The molecule has 0 radical (unpaired) electrons. The molecule has 0 aliphatic heterocycles. The van der Waals surface area contributed by atoms with Gasteiger partial charge in [-0.15, -0.1) is 0 Å². The van der Waals surface area contributed by atoms with Crippen LogP contribution in [-0.2, 0) is 6.54 Å². The molecule has 2 aromatic rings. The number of rotatable bonds is 6. The van der Waals surface area contributed by atoms with Gasteiger partial charge in [0, 0.05) is 19.0 Å². The van der Waals surface area contributed by atoms with Gasteiger partial charge in [-0.2, -0.15) is 4.98 Å². The molecule has 1 saturated carbocycles. The Morgan fingerprint density at radius 3 is 2.82 bits per heavy atom. The number of hydrogen-bond donors (Lipinski definition) is 3. The molecule has 22 heavy (non-hydrogen) atoms. The quantitative estimate of drug-likeness (QED) is 0.753. The first-order valence-electron chi connectivity index (χ1n) is 8.09. The molecule has 0 amide bonds. The van der Waals surface area contributed by atoms with E-state index in [1.165, 1.54) is 12.8 Å². The summed E-state index contributed by atoms with van der Waals surface area (Å²) in [7, 11) is 0. The van der Waals surface area contributed by atoms with Crippen molar-refractivity contribution in [2.75, 3.05) is 18.5 Å². The van der Waals surface area contributed by atoms with Gasteiger partial charge in [0.2, 0.25) is 5.95 Å². The fourth-order valence-corrected chi connectivity index (χ4v) is 3.26. The molecule has 1 aliphatic rings. The Morgan fingerprint density at radius 2 is 2.14 bits per heavy atom. The van der Waals surface area contributed by atoms with Crippen molar-refractivity contribution >= 4 is 17.1 Å². The summed E-state index contributed by atoms with van der Waals surface area (Å²) in [5, 5.41) is 11.8. The predicted molar refractivity (Wildman–Crippen MR) is 85.2 cm³/mol. The standard InChI is InChI=1S/C15H23N5O2/c1-2-8-20-11-12(17-13(20)10-5-3-4-6-10)18-15(16-7-9-21)19-14(11)22/h10,21H,2-9H2,1H3,(H2,16,18,19,22). The van der Waals surface area contributed by atoms with Crippen molar-refractivity contribution in [3.63, 3.8) is 0 Å². The maximum absolute atomic E-state index is 12.4. The van der Waals surface area contributed by atoms with E-state index in [1.807, 2.05) is 4.57 Å². The van der Waals surface area contributed by atoms with Crippen molar-refractivity contribution in [3.8, 4) is 0 Å². The van der Waals surface area contributed by atoms with Gasteiger partial charge in [-0.05, 0) is 19.3 Å². The second-order valence-corrected chi connectivity index (χ2v) is 5.84. The summed E-state index contributed by atoms with van der Waals surface area (Å²) < 4.78 is 2.05. The van der Waals surface area contributed by atoms with Crippen LogP contribution in [0.1, 0.15) is 50.8 Å². The maximum atomic E-state index is 12.4. The Balaban J connectivity index is 2.09. The molecule has 0 unspecified atom stereocenters. The lowest BCUT2D eigenvalue weighted by Gasteiger charge is -2.12. The van der Waals surface area contributed by atoms with Gasteiger partial charge in [0.15, 0.2) is 11.2 Å². The first kappa shape index (κ1) is 15.0. The first-order chi connectivity index (χ1) is 10.7. The molecular weight excluding hydrogens is 282 g/mol. The number of anilines is 1. The van der Waals surface area contributed by atoms with Gasteiger partial charge in [0.05, 0.1) is 6.61 Å². The Hall–Kier alpha value is -1.89. The fourth-order valence-electron chi connectivity index (χ4n) is 3.26. The zero-order chi connectivity index (χ0) is 15.5. The van der Waals surface area contributed by atoms with Crippen LogP contribution in [0.15, 0.2) is 4.79 Å². The topological polar surface area (TPSA) is 95.8 Å². The van der Waals surface area contributed by atoms with E-state index in [9.17, 15) is 4.79 Å². The lowest BCUT2D eigenvalue weighted by atomic mass is 10.1. The monoisotopic (exact) mass is 305 g/mol. The van der Waals surface area contributed by atoms with Crippen molar-refractivity contribution in [1.29, 1.82) is 0 Å². The van der Waals surface area contributed by atoms with Crippen LogP contribution in [-0.4, -0.2) is 37.8 Å². The molecule has 2 heterocycles. The highest BCUT2D eigenvalue weighted by Gasteiger charge is 2.25. The number of hydrogen-bond acceptors (Lipinski definition) is 5. The molecule has 3 N–H and O–H groups in total. The highest BCUT2D eigenvalue weighted by molar-refractivity contribution is 5.72. The SMILES string of the molecule is CCCn1c(C2CCCC2)nc2nc(NCCO)[nH]c(=O)c21. The number of nitrogens with one attached hydrogen (secondary N) is 2. The minimum atomic E-state index is -0.171. The Kier molecular flexibility index (Phi) is 4.42. The van der Waals surface area contributed by atoms with Crippen molar-refractivity contribution in [3.05, 3.63) is 16.2 Å². The average Bonchev–Trinajstić information content (AvgIpc) is 3.13. The Labute approximate surface area is 128 Å². The second-order valence-electron chi connectivity index (χ2n) is 5.84. The number of fused-ring (bicyclic) bond motifs is 1. The zero-order valence-electron chi connectivity index (χ0n) is 12.9. The van der Waals surface area contributed by atoms with Crippen molar-refractivity contribution in [2.45, 2.75) is 51.5 Å². The molecule has 1 fully saturated rings. The van der Waals surface area contributed by atoms with Gasteiger partial charge in [-0.3, -0.25) is 9.78 Å². The highest BCUT2D eigenvalue weighted by Crippen LogP contribution is 2.34. The van der Waals surface area contributed by atoms with Crippen LogP contribution in [0.2, 0.25) is 0 Å². The third-order valence-electron chi connectivity index (χ3n) is 4.22. The lowest BCUT2D eigenvalue weighted by molar-refractivity contribution is 0.311. The van der Waals surface area contributed by atoms with Crippen LogP contribution in [0.4, 0.5) is 5.95 Å². The molecular formula is C15H23N5O2. The summed E-state index contributed by atoms with van der Waals surface area (Å²) in [6, 6.07) is 0. The number of aliphatic hydroxyl groups excluding tert-OH is 1. The number of aliphatic hydroxyl groups is 1. The van der Waals surface area contributed by atoms with Crippen molar-refractivity contribution < 1.29 is 5.11 Å². The molecule has 120 valence electrons. The minimum Gasteiger partial charge on any atom is -0.395 e. The second kappa shape index (κ2) is 6.48. The van der Waals surface area contributed by atoms with Crippen molar-refractivity contribution in [1.82, 2.24) is 19.5 Å². The van der Waals surface area contributed by atoms with Crippen LogP contribution < -0.4 is 10.9 Å². The van der Waals surface area contributed by atoms with Gasteiger partial charge in [-0.1, -0.05) is 19.8 Å². The van der Waals surface area contributed by atoms with E-state index >= 15 is 0 Å². The van der Waals surface area contributed by atoms with Gasteiger partial charge in [-0.25, -0.2) is 4.98 Å². The molecule has 0 aromatic carbocycles. The Morgan fingerprint density at radius 1 is 1.36 bits per heavy atom. The molecule has 0 bridgehead atoms. The van der Waals surface area contributed by atoms with Gasteiger partial charge < -0.3 is 15.0 Å². The normalized spacial score (nSPS) is 15.7. The molecule has 3 rings (SSSR count). The molecule has 7 nitrogen and oxygen atoms in total. The van der Waals surface area contributed by atoms with Crippen LogP contribution in [0.25, 0.3) is 11.2 Å². The summed E-state index contributed by atoms with van der Waals surface area (Å²) >= 11 is 0. The summed E-state index contributed by atoms with van der Waals surface area (Å²) in [6.07, 6.45) is 5.69. The molecule has 0 spiro atoms. The van der Waals surface area contributed by atoms with E-state index in [0.29, 0.717) is 29.6 Å². The maximum Gasteiger partial charge on any atom is 0.278 e. The first-order valence-corrected chi connectivity index (χ1v) is 8.09. The summed E-state index contributed by atoms with van der Waals surface area (Å²) in [5.41, 5.74) is 0.897. The van der Waals surface area contributed by atoms with E-state index in [-0.39, 0.29) is 12.2 Å². The number of nitrogens with zero attached hydrogens (tertiary/aromatic N) is 3. The molecule has 7 heteroatoms. The van der Waals surface area contributed by atoms with E-state index in [1.54, 1.807) is 0 Å². The van der Waals surface area contributed by atoms with Crippen LogP contribution in [0.5, 0.6) is 0 Å². The lowest BCUT2D eigenvalue weighted by Crippen LogP contribution is -2.18. The molecule has 0 atom stereocenters. The number of imidazole rings is 1. The van der Waals surface area contributed by atoms with Gasteiger partial charge in [0.1, 0.15) is 5.82 Å². The number of aromatic amines is 1. The zero-order valence-corrected chi connectivity index (χ0v) is 12.9. The van der Waals surface area contributed by atoms with E-state index in [4.69, 9.17) is 5.11 Å². The van der Waals surface area contributed by atoms with Crippen LogP contribution in [0, 0.1) is 0 Å². The van der Waals surface area contributed by atoms with E-state index in [0.717, 1.165) is 31.6 Å². The third-order valence-corrected chi connectivity index (χ3v) is 4.22. The molecule has 2 aromatic heterocycles. The number of aromatic nitrogens is 4. The highest BCUT2D eigenvalue weighted by atomic mass is 16.3. The summed E-state index contributed by atoms with van der Waals surface area (Å²) in [5.74, 6) is 1.81. The molecule has 0 saturated heterocycles. The van der Waals surface area contributed by atoms with E-state index < -0.39 is 0 Å². The third kappa shape index (κ3) is 2.72. The predicted octanol–water partition coefficient (Wildman–Crippen LogP) is 1.59. The summed E-state index contributed by atoms with van der Waals surface area (Å²) in [4.78, 5) is 24.2. The summed E-state index contributed by atoms with van der Waals surface area (Å²) in [6.45, 7) is 3.22. The molecule has 1 aliphatic carbocycles. The number of H-pyrrole nitrogens is 1. The Bertz CT molecular complexity index is 700. The largest absolute Gasteiger partial charge is 0.395 e. The van der Waals surface area contributed by atoms with E-state index in [2.05, 4.69) is 27.2 Å². The van der Waals surface area contributed by atoms with Gasteiger partial charge >= 0.3 is 0 Å². The van der Waals surface area contributed by atoms with Crippen LogP contribution in [0.3, 0.4) is 0 Å². The number of aryl methyl sites for hydroxylation is 1.